The van der Waals surface area contributed by atoms with Crippen LogP contribution in [0.25, 0.3) is 64.2 Å². The van der Waals surface area contributed by atoms with E-state index >= 15 is 0 Å². The number of nitrogens with zero attached hydrogens (tertiary/aromatic N) is 3. The van der Waals surface area contributed by atoms with Crippen molar-refractivity contribution in [2.45, 2.75) is 25.2 Å². The summed E-state index contributed by atoms with van der Waals surface area (Å²) in [5.41, 5.74) is 8.63. The van der Waals surface area contributed by atoms with Gasteiger partial charge < -0.3 is 4.42 Å². The first-order valence-electron chi connectivity index (χ1n) is 16.3. The highest BCUT2D eigenvalue weighted by atomic mass is 32.1. The molecule has 0 bridgehead atoms. The molecule has 3 aliphatic carbocycles. The van der Waals surface area contributed by atoms with Gasteiger partial charge in [0.15, 0.2) is 11.6 Å². The minimum absolute atomic E-state index is 0.0276. The Bertz CT molecular complexity index is 2610. The van der Waals surface area contributed by atoms with E-state index < -0.39 is 0 Å². The third-order valence-corrected chi connectivity index (χ3v) is 12.2. The van der Waals surface area contributed by atoms with Crippen molar-refractivity contribution in [3.63, 3.8) is 0 Å². The number of hydrogen-bond acceptors (Lipinski definition) is 6. The Labute approximate surface area is 285 Å². The standard InChI is InChI=1S/C42H29N3OS2/c1-3-4-9-23(2)35-22-47-38-29(35)12-8-13-30(38)41-43-40(24-16-17-26-32(20-24)34-21-33(34)27-18-19-46-37(26)27)44-42(45-41)31-14-7-11-28-25-10-5-6-15-36(25)48-39(28)31/h3-19,21-24,34H,1,20H2,2H3/b9-4-/t23-,24?,34+/m1/s1. The van der Waals surface area contributed by atoms with Crippen molar-refractivity contribution in [3.8, 4) is 22.8 Å². The molecule has 1 unspecified atom stereocenters. The first-order valence-corrected chi connectivity index (χ1v) is 18.0. The summed E-state index contributed by atoms with van der Waals surface area (Å²) in [6, 6.07) is 23.7. The zero-order valence-electron chi connectivity index (χ0n) is 26.2. The van der Waals surface area contributed by atoms with Crippen LogP contribution in [0.2, 0.25) is 0 Å². The molecule has 4 nitrogen and oxygen atoms in total. The zero-order valence-corrected chi connectivity index (χ0v) is 27.8. The van der Waals surface area contributed by atoms with E-state index in [0.717, 1.165) is 40.8 Å². The lowest BCUT2D eigenvalue weighted by molar-refractivity contribution is 0.549. The second-order valence-corrected chi connectivity index (χ2v) is 14.7. The SMILES string of the molecule is C=C/C=C\[C@@H](C)c1csc2c(-c3nc(-c4cccc5c4sc4ccccc45)nc(C4C=CC5=C(C4)[C@@H]4C=C4c4ccoc45)n3)cccc12. The molecule has 48 heavy (non-hydrogen) atoms. The number of allylic oxidation sites excluding steroid dienone is 9. The van der Waals surface area contributed by atoms with Crippen molar-refractivity contribution in [2.24, 2.45) is 5.92 Å². The third kappa shape index (κ3) is 4.22. The van der Waals surface area contributed by atoms with Gasteiger partial charge in [0.2, 0.25) is 0 Å². The molecule has 4 aromatic heterocycles. The lowest BCUT2D eigenvalue weighted by Gasteiger charge is -2.25. The second-order valence-electron chi connectivity index (χ2n) is 12.8. The summed E-state index contributed by atoms with van der Waals surface area (Å²) in [5.74, 6) is 3.92. The van der Waals surface area contributed by atoms with E-state index in [1.54, 1.807) is 22.7 Å². The Balaban J connectivity index is 1.15. The van der Waals surface area contributed by atoms with Crippen LogP contribution in [0, 0.1) is 5.92 Å². The molecule has 4 heterocycles. The van der Waals surface area contributed by atoms with E-state index in [1.807, 2.05) is 18.4 Å². The van der Waals surface area contributed by atoms with Crippen molar-refractivity contribution in [1.29, 1.82) is 0 Å². The van der Waals surface area contributed by atoms with E-state index in [9.17, 15) is 0 Å². The lowest BCUT2D eigenvalue weighted by Crippen LogP contribution is -2.13. The predicted octanol–water partition coefficient (Wildman–Crippen LogP) is 11.8. The van der Waals surface area contributed by atoms with Crippen LogP contribution in [-0.2, 0) is 0 Å². The van der Waals surface area contributed by atoms with Crippen molar-refractivity contribution >= 4 is 64.1 Å². The molecule has 3 aliphatic rings. The molecule has 0 N–H and O–H groups in total. The molecular weight excluding hydrogens is 627 g/mol. The Morgan fingerprint density at radius 1 is 0.875 bits per heavy atom. The van der Waals surface area contributed by atoms with Gasteiger partial charge in [-0.3, -0.25) is 0 Å². The molecule has 7 aromatic rings. The number of furan rings is 1. The first-order chi connectivity index (χ1) is 23.7. The van der Waals surface area contributed by atoms with Gasteiger partial charge in [0.25, 0.3) is 0 Å². The van der Waals surface area contributed by atoms with Crippen molar-refractivity contribution in [1.82, 2.24) is 15.0 Å². The minimum atomic E-state index is 0.0276. The van der Waals surface area contributed by atoms with E-state index in [4.69, 9.17) is 19.4 Å². The monoisotopic (exact) mass is 655 g/mol. The molecule has 0 spiro atoms. The predicted molar refractivity (Wildman–Crippen MR) is 200 cm³/mol. The molecule has 6 heteroatoms. The van der Waals surface area contributed by atoms with Gasteiger partial charge in [0.05, 0.1) is 6.26 Å². The molecule has 0 fully saturated rings. The topological polar surface area (TPSA) is 51.8 Å². The van der Waals surface area contributed by atoms with Crippen LogP contribution >= 0.6 is 22.7 Å². The Morgan fingerprint density at radius 2 is 1.67 bits per heavy atom. The van der Waals surface area contributed by atoms with Gasteiger partial charge in [0, 0.05) is 64.9 Å². The Morgan fingerprint density at radius 3 is 2.52 bits per heavy atom. The van der Waals surface area contributed by atoms with Crippen molar-refractivity contribution in [2.75, 3.05) is 0 Å². The molecule has 0 amide bonds. The summed E-state index contributed by atoms with van der Waals surface area (Å²) in [5, 5.41) is 6.02. The van der Waals surface area contributed by atoms with Crippen LogP contribution in [-0.4, -0.2) is 15.0 Å². The van der Waals surface area contributed by atoms with Gasteiger partial charge in [-0.2, -0.15) is 0 Å². The van der Waals surface area contributed by atoms with Gasteiger partial charge in [-0.15, -0.1) is 22.7 Å². The van der Waals surface area contributed by atoms with E-state index in [-0.39, 0.29) is 11.8 Å². The second kappa shape index (κ2) is 10.7. The van der Waals surface area contributed by atoms with E-state index in [2.05, 4.69) is 110 Å². The quantitative estimate of drug-likeness (QED) is 0.167. The largest absolute Gasteiger partial charge is 0.464 e. The third-order valence-electron chi connectivity index (χ3n) is 9.98. The fourth-order valence-corrected chi connectivity index (χ4v) is 9.92. The number of thiophene rings is 2. The van der Waals surface area contributed by atoms with Crippen LogP contribution in [0.1, 0.15) is 47.9 Å². The lowest BCUT2D eigenvalue weighted by atomic mass is 9.80. The summed E-state index contributed by atoms with van der Waals surface area (Å²) < 4.78 is 9.63. The average Bonchev–Trinajstić information content (AvgIpc) is 3.43. The molecular formula is C42H29N3OS2. The van der Waals surface area contributed by atoms with Crippen LogP contribution in [0.3, 0.4) is 0 Å². The highest BCUT2D eigenvalue weighted by Crippen LogP contribution is 2.56. The van der Waals surface area contributed by atoms with E-state index in [1.165, 1.54) is 58.1 Å². The maximum absolute atomic E-state index is 5.97. The minimum Gasteiger partial charge on any atom is -0.464 e. The maximum atomic E-state index is 5.97. The smallest absolute Gasteiger partial charge is 0.165 e. The van der Waals surface area contributed by atoms with E-state index in [0.29, 0.717) is 5.92 Å². The number of fused-ring (bicyclic) bond motifs is 9. The van der Waals surface area contributed by atoms with Crippen molar-refractivity contribution < 1.29 is 4.42 Å². The molecule has 3 aromatic carbocycles. The molecule has 0 saturated heterocycles. The highest BCUT2D eigenvalue weighted by molar-refractivity contribution is 7.26. The molecule has 10 rings (SSSR count). The average molecular weight is 656 g/mol. The van der Waals surface area contributed by atoms with Crippen LogP contribution in [0.15, 0.2) is 131 Å². The summed E-state index contributed by atoms with van der Waals surface area (Å²) in [6.45, 7) is 6.09. The van der Waals surface area contributed by atoms with Gasteiger partial charge in [-0.05, 0) is 58.2 Å². The van der Waals surface area contributed by atoms with Crippen LogP contribution in [0.5, 0.6) is 0 Å². The summed E-state index contributed by atoms with van der Waals surface area (Å²) in [6.07, 6.45) is 15.6. The fourth-order valence-electron chi connectivity index (χ4n) is 7.53. The van der Waals surface area contributed by atoms with Gasteiger partial charge in [-0.25, -0.2) is 15.0 Å². The summed E-state index contributed by atoms with van der Waals surface area (Å²) in [4.78, 5) is 15.8. The number of rotatable bonds is 6. The molecule has 230 valence electrons. The summed E-state index contributed by atoms with van der Waals surface area (Å²) >= 11 is 3.57. The van der Waals surface area contributed by atoms with Crippen molar-refractivity contribution in [3.05, 3.63) is 150 Å². The summed E-state index contributed by atoms with van der Waals surface area (Å²) in [7, 11) is 0. The van der Waals surface area contributed by atoms with Gasteiger partial charge in [-0.1, -0.05) is 92.4 Å². The Hall–Kier alpha value is -5.17. The maximum Gasteiger partial charge on any atom is 0.165 e. The normalized spacial score (nSPS) is 18.7. The van der Waals surface area contributed by atoms with Gasteiger partial charge in [0.1, 0.15) is 11.6 Å². The molecule has 3 atom stereocenters. The fraction of sp³-hybridized carbons (Fsp3) is 0.119. The first kappa shape index (κ1) is 27.9. The molecule has 0 saturated carbocycles. The van der Waals surface area contributed by atoms with Crippen LogP contribution in [0.4, 0.5) is 0 Å². The Kier molecular flexibility index (Phi) is 6.20. The number of hydrogen-bond donors (Lipinski definition) is 0. The van der Waals surface area contributed by atoms with Gasteiger partial charge >= 0.3 is 0 Å². The number of aromatic nitrogens is 3. The molecule has 0 aliphatic heterocycles. The number of benzene rings is 3. The molecule has 0 radical (unpaired) electrons. The highest BCUT2D eigenvalue weighted by Gasteiger charge is 2.41. The zero-order chi connectivity index (χ0) is 31.9. The van der Waals surface area contributed by atoms with Crippen LogP contribution < -0.4 is 0 Å².